The first-order valence-electron chi connectivity index (χ1n) is 9.82. The lowest BCUT2D eigenvalue weighted by atomic mass is 10.0. The third-order valence-electron chi connectivity index (χ3n) is 5.01. The summed E-state index contributed by atoms with van der Waals surface area (Å²) in [6, 6.07) is 10.3. The van der Waals surface area contributed by atoms with Crippen molar-refractivity contribution in [1.29, 1.82) is 0 Å². The number of rotatable bonds is 8. The number of halogens is 1. The zero-order valence-electron chi connectivity index (χ0n) is 16.9. The van der Waals surface area contributed by atoms with Crippen LogP contribution in [-0.4, -0.2) is 53.9 Å². The fourth-order valence-corrected chi connectivity index (χ4v) is 3.50. The largest absolute Gasteiger partial charge is 0.377 e. The summed E-state index contributed by atoms with van der Waals surface area (Å²) in [5, 5.41) is 7.79. The molecular formula is C21H32IN5O. The summed E-state index contributed by atoms with van der Waals surface area (Å²) in [5.41, 5.74) is 2.55. The second-order valence-corrected chi connectivity index (χ2v) is 7.10. The summed E-state index contributed by atoms with van der Waals surface area (Å²) < 4.78 is 7.62. The monoisotopic (exact) mass is 497 g/mol. The van der Waals surface area contributed by atoms with Gasteiger partial charge >= 0.3 is 0 Å². The molecule has 0 radical (unpaired) electrons. The highest BCUT2D eigenvalue weighted by Crippen LogP contribution is 2.26. The fraction of sp³-hybridized carbons (Fsp3) is 0.524. The number of aryl methyl sites for hydroxylation is 1. The Morgan fingerprint density at radius 1 is 1.29 bits per heavy atom. The lowest BCUT2D eigenvalue weighted by Crippen LogP contribution is -2.40. The molecule has 1 aromatic carbocycles. The summed E-state index contributed by atoms with van der Waals surface area (Å²) in [4.78, 5) is 6.81. The van der Waals surface area contributed by atoms with Crippen LogP contribution in [-0.2, 0) is 18.4 Å². The van der Waals surface area contributed by atoms with Crippen LogP contribution in [0.5, 0.6) is 0 Å². The number of aliphatic imine (C=N–C) groups is 1. The zero-order chi connectivity index (χ0) is 18.9. The molecule has 0 spiro atoms. The number of guanidine groups is 1. The van der Waals surface area contributed by atoms with Crippen molar-refractivity contribution < 1.29 is 4.74 Å². The molecule has 1 saturated heterocycles. The molecule has 0 bridgehead atoms. The van der Waals surface area contributed by atoms with Gasteiger partial charge in [-0.25, -0.2) is 0 Å². The Morgan fingerprint density at radius 3 is 2.82 bits per heavy atom. The van der Waals surface area contributed by atoms with E-state index in [-0.39, 0.29) is 24.0 Å². The van der Waals surface area contributed by atoms with Gasteiger partial charge in [-0.15, -0.1) is 24.0 Å². The van der Waals surface area contributed by atoms with E-state index >= 15 is 0 Å². The van der Waals surface area contributed by atoms with Crippen LogP contribution in [0.15, 0.2) is 47.7 Å². The van der Waals surface area contributed by atoms with Crippen LogP contribution < -0.4 is 5.32 Å². The standard InChI is InChI=1S/C21H31N5O.HI/c1-22-21(26-12-10-19(16-26)20-14-24-25(2)15-20)23-11-6-7-13-27-17-18-8-4-3-5-9-18;/h3-5,8-9,14-15,19H,6-7,10-13,16-17H2,1-2H3,(H,22,23);1H. The molecular weight excluding hydrogens is 465 g/mol. The smallest absolute Gasteiger partial charge is 0.193 e. The summed E-state index contributed by atoms with van der Waals surface area (Å²) in [7, 11) is 3.84. The molecule has 1 aliphatic rings. The number of nitrogens with zero attached hydrogens (tertiary/aromatic N) is 4. The Kier molecular flexibility index (Phi) is 9.77. The van der Waals surface area contributed by atoms with Crippen molar-refractivity contribution in [2.45, 2.75) is 31.8 Å². The highest BCUT2D eigenvalue weighted by Gasteiger charge is 2.26. The fourth-order valence-electron chi connectivity index (χ4n) is 3.50. The first-order chi connectivity index (χ1) is 13.3. The number of hydrogen-bond donors (Lipinski definition) is 1. The SMILES string of the molecule is CN=C(NCCCCOCc1ccccc1)N1CCC(c2cnn(C)c2)C1.I. The van der Waals surface area contributed by atoms with E-state index in [4.69, 9.17) is 4.74 Å². The molecule has 0 amide bonds. The Labute approximate surface area is 185 Å². The van der Waals surface area contributed by atoms with Gasteiger partial charge in [0.25, 0.3) is 0 Å². The number of unbranched alkanes of at least 4 members (excludes halogenated alkanes) is 1. The van der Waals surface area contributed by atoms with Crippen molar-refractivity contribution in [3.8, 4) is 0 Å². The minimum absolute atomic E-state index is 0. The molecule has 1 aliphatic heterocycles. The van der Waals surface area contributed by atoms with Crippen LogP contribution >= 0.6 is 24.0 Å². The van der Waals surface area contributed by atoms with Gasteiger partial charge < -0.3 is 15.0 Å². The van der Waals surface area contributed by atoms with E-state index in [1.807, 2.05) is 43.2 Å². The number of likely N-dealkylation sites (tertiary alicyclic amines) is 1. The number of aromatic nitrogens is 2. The Hall–Kier alpha value is -1.61. The number of ether oxygens (including phenoxy) is 1. The van der Waals surface area contributed by atoms with E-state index in [0.717, 1.165) is 51.5 Å². The van der Waals surface area contributed by atoms with Crippen molar-refractivity contribution in [2.75, 3.05) is 33.3 Å². The van der Waals surface area contributed by atoms with Crippen LogP contribution in [0.2, 0.25) is 0 Å². The highest BCUT2D eigenvalue weighted by atomic mass is 127. The van der Waals surface area contributed by atoms with Crippen LogP contribution in [0.25, 0.3) is 0 Å². The van der Waals surface area contributed by atoms with Crippen molar-refractivity contribution >= 4 is 29.9 Å². The van der Waals surface area contributed by atoms with Crippen LogP contribution in [0.4, 0.5) is 0 Å². The molecule has 2 heterocycles. The molecule has 0 saturated carbocycles. The zero-order valence-corrected chi connectivity index (χ0v) is 19.2. The summed E-state index contributed by atoms with van der Waals surface area (Å²) in [6.45, 7) is 4.46. The molecule has 28 heavy (non-hydrogen) atoms. The normalized spacial score (nSPS) is 16.9. The van der Waals surface area contributed by atoms with Crippen molar-refractivity contribution in [3.63, 3.8) is 0 Å². The van der Waals surface area contributed by atoms with Crippen molar-refractivity contribution in [2.24, 2.45) is 12.0 Å². The molecule has 154 valence electrons. The number of nitrogens with one attached hydrogen (secondary N) is 1. The average molecular weight is 497 g/mol. The van der Waals surface area contributed by atoms with E-state index in [2.05, 4.69) is 38.6 Å². The van der Waals surface area contributed by atoms with Gasteiger partial charge in [0.05, 0.1) is 12.8 Å². The van der Waals surface area contributed by atoms with E-state index in [9.17, 15) is 0 Å². The minimum atomic E-state index is 0. The van der Waals surface area contributed by atoms with Crippen molar-refractivity contribution in [1.82, 2.24) is 20.0 Å². The highest BCUT2D eigenvalue weighted by molar-refractivity contribution is 14.0. The minimum Gasteiger partial charge on any atom is -0.377 e. The maximum atomic E-state index is 5.74. The summed E-state index contributed by atoms with van der Waals surface area (Å²) in [6.07, 6.45) is 7.39. The maximum absolute atomic E-state index is 5.74. The van der Waals surface area contributed by atoms with Crippen LogP contribution in [0, 0.1) is 0 Å². The van der Waals surface area contributed by atoms with E-state index in [1.165, 1.54) is 11.1 Å². The van der Waals surface area contributed by atoms with Gasteiger partial charge in [0, 0.05) is 52.5 Å². The molecule has 7 heteroatoms. The topological polar surface area (TPSA) is 54.7 Å². The van der Waals surface area contributed by atoms with Crippen LogP contribution in [0.3, 0.4) is 0 Å². The predicted octanol–water partition coefficient (Wildman–Crippen LogP) is 3.40. The second kappa shape index (κ2) is 12.1. The lowest BCUT2D eigenvalue weighted by molar-refractivity contribution is 0.117. The van der Waals surface area contributed by atoms with Crippen molar-refractivity contribution in [3.05, 3.63) is 53.9 Å². The summed E-state index contributed by atoms with van der Waals surface area (Å²) in [5.74, 6) is 1.55. The molecule has 0 aliphatic carbocycles. The molecule has 1 N–H and O–H groups in total. The Bertz CT molecular complexity index is 719. The molecule has 1 aromatic heterocycles. The Morgan fingerprint density at radius 2 is 2.11 bits per heavy atom. The van der Waals surface area contributed by atoms with Gasteiger partial charge in [0.1, 0.15) is 0 Å². The van der Waals surface area contributed by atoms with Gasteiger partial charge in [0.2, 0.25) is 0 Å². The average Bonchev–Trinajstić information content (AvgIpc) is 3.34. The van der Waals surface area contributed by atoms with E-state index in [1.54, 1.807) is 0 Å². The first-order valence-corrected chi connectivity index (χ1v) is 9.82. The molecule has 6 nitrogen and oxygen atoms in total. The molecule has 2 aromatic rings. The molecule has 3 rings (SSSR count). The van der Waals surface area contributed by atoms with E-state index in [0.29, 0.717) is 12.5 Å². The van der Waals surface area contributed by atoms with Gasteiger partial charge in [0.15, 0.2) is 5.96 Å². The van der Waals surface area contributed by atoms with Crippen LogP contribution in [0.1, 0.15) is 36.3 Å². The lowest BCUT2D eigenvalue weighted by Gasteiger charge is -2.21. The van der Waals surface area contributed by atoms with Gasteiger partial charge in [-0.2, -0.15) is 5.10 Å². The molecule has 1 fully saturated rings. The van der Waals surface area contributed by atoms with E-state index < -0.39 is 0 Å². The van der Waals surface area contributed by atoms with Gasteiger partial charge in [-0.3, -0.25) is 9.67 Å². The van der Waals surface area contributed by atoms with Gasteiger partial charge in [-0.1, -0.05) is 30.3 Å². The first kappa shape index (κ1) is 22.7. The number of benzene rings is 1. The third kappa shape index (κ3) is 6.77. The quantitative estimate of drug-likeness (QED) is 0.263. The molecule has 1 atom stereocenters. The summed E-state index contributed by atoms with van der Waals surface area (Å²) >= 11 is 0. The molecule has 1 unspecified atom stereocenters. The predicted molar refractivity (Wildman–Crippen MR) is 124 cm³/mol. The third-order valence-corrected chi connectivity index (χ3v) is 5.01. The number of hydrogen-bond acceptors (Lipinski definition) is 3. The second-order valence-electron chi connectivity index (χ2n) is 7.10. The Balaban J connectivity index is 0.00000280. The van der Waals surface area contributed by atoms with Gasteiger partial charge in [-0.05, 0) is 30.4 Å². The maximum Gasteiger partial charge on any atom is 0.193 e.